The van der Waals surface area contributed by atoms with Crippen LogP contribution in [0.4, 0.5) is 0 Å². The van der Waals surface area contributed by atoms with Crippen LogP contribution in [0.15, 0.2) is 42.5 Å². The molecule has 0 radical (unpaired) electrons. The van der Waals surface area contributed by atoms with Gasteiger partial charge in [-0.1, -0.05) is 37.3 Å². The van der Waals surface area contributed by atoms with Crippen molar-refractivity contribution in [2.24, 2.45) is 0 Å². The first-order chi connectivity index (χ1) is 7.81. The van der Waals surface area contributed by atoms with E-state index in [1.807, 2.05) is 30.3 Å². The van der Waals surface area contributed by atoms with E-state index >= 15 is 0 Å². The quantitative estimate of drug-likeness (QED) is 0.787. The molecule has 0 bridgehead atoms. The van der Waals surface area contributed by atoms with Crippen molar-refractivity contribution in [2.75, 3.05) is 7.11 Å². The highest BCUT2D eigenvalue weighted by Gasteiger charge is 2.09. The minimum absolute atomic E-state index is 0.250. The highest BCUT2D eigenvalue weighted by atomic mass is 16.5. The predicted octanol–water partition coefficient (Wildman–Crippen LogP) is 2.64. The van der Waals surface area contributed by atoms with Gasteiger partial charge in [0, 0.05) is 12.0 Å². The molecule has 0 aliphatic rings. The molecule has 1 heterocycles. The van der Waals surface area contributed by atoms with Crippen molar-refractivity contribution >= 4 is 0 Å². The van der Waals surface area contributed by atoms with Crippen LogP contribution in [0.3, 0.4) is 0 Å². The van der Waals surface area contributed by atoms with Gasteiger partial charge in [0.15, 0.2) is 0 Å². The molecule has 0 spiro atoms. The fraction of sp³-hybridized carbons (Fsp3) is 0.231. The molecule has 0 N–H and O–H groups in total. The minimum Gasteiger partial charge on any atom is -0.480 e. The highest BCUT2D eigenvalue weighted by Crippen LogP contribution is 2.22. The van der Waals surface area contributed by atoms with Crippen molar-refractivity contribution in [3.8, 4) is 5.88 Å². The summed E-state index contributed by atoms with van der Waals surface area (Å²) in [4.78, 5) is 0. The lowest BCUT2D eigenvalue weighted by Gasteiger charge is -2.10. The van der Waals surface area contributed by atoms with Crippen LogP contribution in [0, 0.1) is 0 Å². The van der Waals surface area contributed by atoms with Crippen LogP contribution in [0.1, 0.15) is 24.1 Å². The van der Waals surface area contributed by atoms with Gasteiger partial charge in [0.2, 0.25) is 5.88 Å². The lowest BCUT2D eigenvalue weighted by atomic mass is 9.98. The Kier molecular flexibility index (Phi) is 3.15. The number of ether oxygens (including phenoxy) is 1. The summed E-state index contributed by atoms with van der Waals surface area (Å²) >= 11 is 0. The van der Waals surface area contributed by atoms with Gasteiger partial charge >= 0.3 is 0 Å². The van der Waals surface area contributed by atoms with E-state index in [4.69, 9.17) is 4.74 Å². The van der Waals surface area contributed by atoms with Crippen molar-refractivity contribution in [3.63, 3.8) is 0 Å². The molecule has 0 saturated carbocycles. The largest absolute Gasteiger partial charge is 0.480 e. The lowest BCUT2D eigenvalue weighted by molar-refractivity contribution is 0.391. The monoisotopic (exact) mass is 214 g/mol. The smallest absolute Gasteiger partial charge is 0.233 e. The zero-order chi connectivity index (χ0) is 11.4. The highest BCUT2D eigenvalue weighted by molar-refractivity contribution is 5.27. The van der Waals surface area contributed by atoms with Crippen LogP contribution in [-0.4, -0.2) is 17.3 Å². The van der Waals surface area contributed by atoms with Gasteiger partial charge in [-0.3, -0.25) is 0 Å². The Morgan fingerprint density at radius 3 is 2.31 bits per heavy atom. The van der Waals surface area contributed by atoms with Gasteiger partial charge in [0.05, 0.1) is 12.8 Å². The molecule has 2 aromatic rings. The Labute approximate surface area is 95.1 Å². The molecule has 0 aliphatic carbocycles. The first-order valence-electron chi connectivity index (χ1n) is 5.24. The molecule has 0 aliphatic heterocycles. The normalized spacial score (nSPS) is 12.1. The van der Waals surface area contributed by atoms with Crippen LogP contribution in [0.5, 0.6) is 5.88 Å². The van der Waals surface area contributed by atoms with E-state index in [0.717, 1.165) is 5.69 Å². The maximum atomic E-state index is 4.98. The van der Waals surface area contributed by atoms with Gasteiger partial charge in [-0.25, -0.2) is 0 Å². The average Bonchev–Trinajstić information content (AvgIpc) is 2.39. The number of methoxy groups -OCH3 is 1. The van der Waals surface area contributed by atoms with Crippen molar-refractivity contribution in [2.45, 2.75) is 12.8 Å². The first kappa shape index (κ1) is 10.6. The van der Waals surface area contributed by atoms with Crippen LogP contribution in [0.25, 0.3) is 0 Å². The maximum Gasteiger partial charge on any atom is 0.233 e. The third-order valence-corrected chi connectivity index (χ3v) is 2.61. The third kappa shape index (κ3) is 2.19. The molecule has 0 fully saturated rings. The molecule has 3 nitrogen and oxygen atoms in total. The molecular formula is C13H14N2O. The molecule has 1 aromatic heterocycles. The number of hydrogen-bond donors (Lipinski definition) is 0. The second kappa shape index (κ2) is 4.75. The van der Waals surface area contributed by atoms with E-state index in [1.54, 1.807) is 7.11 Å². The van der Waals surface area contributed by atoms with Gasteiger partial charge < -0.3 is 4.74 Å². The Balaban J connectivity index is 2.24. The maximum absolute atomic E-state index is 4.98. The Bertz CT molecular complexity index is 439. The van der Waals surface area contributed by atoms with E-state index in [9.17, 15) is 0 Å². The molecule has 3 heteroatoms. The molecule has 1 atom stereocenters. The van der Waals surface area contributed by atoms with Gasteiger partial charge in [0.25, 0.3) is 0 Å². The zero-order valence-corrected chi connectivity index (χ0v) is 9.42. The van der Waals surface area contributed by atoms with Crippen LogP contribution in [-0.2, 0) is 0 Å². The Morgan fingerprint density at radius 1 is 1.00 bits per heavy atom. The molecule has 1 aromatic carbocycles. The molecule has 0 saturated heterocycles. The predicted molar refractivity (Wildman–Crippen MR) is 62.5 cm³/mol. The molecule has 16 heavy (non-hydrogen) atoms. The summed E-state index contributed by atoms with van der Waals surface area (Å²) < 4.78 is 4.98. The van der Waals surface area contributed by atoms with E-state index in [1.165, 1.54) is 5.56 Å². The molecule has 0 amide bonds. The van der Waals surface area contributed by atoms with Gasteiger partial charge in [-0.15, -0.1) is 5.10 Å². The number of aromatic nitrogens is 2. The van der Waals surface area contributed by atoms with Gasteiger partial charge in [0.1, 0.15) is 0 Å². The Morgan fingerprint density at radius 2 is 1.75 bits per heavy atom. The Hall–Kier alpha value is -1.90. The fourth-order valence-electron chi connectivity index (χ4n) is 1.58. The van der Waals surface area contributed by atoms with Crippen molar-refractivity contribution < 1.29 is 4.74 Å². The molecular weight excluding hydrogens is 200 g/mol. The summed E-state index contributed by atoms with van der Waals surface area (Å²) in [5, 5.41) is 8.12. The summed E-state index contributed by atoms with van der Waals surface area (Å²) in [6.45, 7) is 2.12. The summed E-state index contributed by atoms with van der Waals surface area (Å²) in [6, 6.07) is 14.0. The summed E-state index contributed by atoms with van der Waals surface area (Å²) in [5.74, 6) is 0.795. The summed E-state index contributed by atoms with van der Waals surface area (Å²) in [6.07, 6.45) is 0. The van der Waals surface area contributed by atoms with Crippen molar-refractivity contribution in [1.82, 2.24) is 10.2 Å². The third-order valence-electron chi connectivity index (χ3n) is 2.61. The SMILES string of the molecule is COc1ccc(C(C)c2ccccc2)nn1. The average molecular weight is 214 g/mol. The van der Waals surface area contributed by atoms with Crippen LogP contribution in [0.2, 0.25) is 0 Å². The summed E-state index contributed by atoms with van der Waals surface area (Å²) in [5.41, 5.74) is 2.19. The molecule has 1 unspecified atom stereocenters. The van der Waals surface area contributed by atoms with Gasteiger partial charge in [-0.05, 0) is 11.6 Å². The topological polar surface area (TPSA) is 35.0 Å². The van der Waals surface area contributed by atoms with E-state index in [2.05, 4.69) is 29.3 Å². The van der Waals surface area contributed by atoms with Crippen molar-refractivity contribution in [3.05, 3.63) is 53.7 Å². The number of benzene rings is 1. The van der Waals surface area contributed by atoms with E-state index < -0.39 is 0 Å². The van der Waals surface area contributed by atoms with Gasteiger partial charge in [-0.2, -0.15) is 5.10 Å². The summed E-state index contributed by atoms with van der Waals surface area (Å²) in [7, 11) is 1.59. The second-order valence-electron chi connectivity index (χ2n) is 3.63. The molecule has 82 valence electrons. The second-order valence-corrected chi connectivity index (χ2v) is 3.63. The van der Waals surface area contributed by atoms with Crippen molar-refractivity contribution in [1.29, 1.82) is 0 Å². The number of hydrogen-bond acceptors (Lipinski definition) is 3. The standard InChI is InChI=1S/C13H14N2O/c1-10(11-6-4-3-5-7-11)12-8-9-13(16-2)15-14-12/h3-10H,1-2H3. The lowest BCUT2D eigenvalue weighted by Crippen LogP contribution is -2.01. The van der Waals surface area contributed by atoms with Crippen LogP contribution >= 0.6 is 0 Å². The number of nitrogens with zero attached hydrogens (tertiary/aromatic N) is 2. The molecule has 2 rings (SSSR count). The first-order valence-corrected chi connectivity index (χ1v) is 5.24. The number of rotatable bonds is 3. The van der Waals surface area contributed by atoms with E-state index in [0.29, 0.717) is 5.88 Å². The minimum atomic E-state index is 0.250. The van der Waals surface area contributed by atoms with Crippen LogP contribution < -0.4 is 4.74 Å². The van der Waals surface area contributed by atoms with E-state index in [-0.39, 0.29) is 5.92 Å². The fourth-order valence-corrected chi connectivity index (χ4v) is 1.58. The zero-order valence-electron chi connectivity index (χ0n) is 9.42.